The van der Waals surface area contributed by atoms with Crippen molar-refractivity contribution in [3.8, 4) is 0 Å². The second-order valence-corrected chi connectivity index (χ2v) is 2.09. The molecule has 0 spiro atoms. The molecule has 1 saturated heterocycles. The van der Waals surface area contributed by atoms with Gasteiger partial charge in [0.2, 0.25) is 0 Å². The molecule has 4 N–H and O–H groups in total. The van der Waals surface area contributed by atoms with E-state index in [1.807, 2.05) is 6.92 Å². The highest BCUT2D eigenvalue weighted by Gasteiger charge is 2.27. The predicted octanol–water partition coefficient (Wildman–Crippen LogP) is -0.776. The van der Waals surface area contributed by atoms with E-state index in [1.165, 1.54) is 7.05 Å². The smallest absolute Gasteiger partial charge is 0.323 e. The summed E-state index contributed by atoms with van der Waals surface area (Å²) < 4.78 is 4.71. The lowest BCUT2D eigenvalue weighted by molar-refractivity contribution is -0.141. The van der Waals surface area contributed by atoms with Gasteiger partial charge in [0.15, 0.2) is 0 Å². The first-order chi connectivity index (χ1) is 4.70. The number of hydrogen-bond acceptors (Lipinski definition) is 4. The van der Waals surface area contributed by atoms with Crippen molar-refractivity contribution in [3.63, 3.8) is 0 Å². The molecule has 0 aromatic rings. The van der Waals surface area contributed by atoms with Crippen molar-refractivity contribution in [3.05, 3.63) is 0 Å². The number of carbonyl (C=O) groups excluding carboxylic acids is 1. The minimum atomic E-state index is -0.370. The fourth-order valence-corrected chi connectivity index (χ4v) is 0.788. The predicted molar refractivity (Wildman–Crippen MR) is 38.3 cm³/mol. The van der Waals surface area contributed by atoms with Gasteiger partial charge in [-0.25, -0.2) is 0 Å². The van der Waals surface area contributed by atoms with Crippen molar-refractivity contribution in [2.45, 2.75) is 25.5 Å². The van der Waals surface area contributed by atoms with Crippen molar-refractivity contribution in [1.29, 1.82) is 0 Å². The number of ether oxygens (including phenoxy) is 1. The van der Waals surface area contributed by atoms with E-state index < -0.39 is 0 Å². The van der Waals surface area contributed by atoms with Crippen LogP contribution in [0.1, 0.15) is 13.3 Å². The maximum absolute atomic E-state index is 10.4. The highest BCUT2D eigenvalue weighted by atomic mass is 16.6. The number of rotatable bonds is 0. The van der Waals surface area contributed by atoms with Crippen molar-refractivity contribution in [1.82, 2.24) is 0 Å². The average molecular weight is 146 g/mol. The Bertz CT molecular complexity index is 116. The molecule has 0 aromatic heterocycles. The third-order valence-electron chi connectivity index (χ3n) is 1.21. The Balaban J connectivity index is 0.000000371. The zero-order valence-corrected chi connectivity index (χ0v) is 6.33. The summed E-state index contributed by atoms with van der Waals surface area (Å²) >= 11 is 0. The molecule has 60 valence electrons. The summed E-state index contributed by atoms with van der Waals surface area (Å²) in [7, 11) is 1.50. The van der Waals surface area contributed by atoms with Gasteiger partial charge in [-0.05, 0) is 14.0 Å². The number of cyclic esters (lactones) is 1. The number of hydrogen-bond donors (Lipinski definition) is 2. The SMILES string of the molecule is CC1CC(N)C(=O)O1.CN. The Hall–Kier alpha value is -0.610. The first-order valence-electron chi connectivity index (χ1n) is 3.24. The van der Waals surface area contributed by atoms with E-state index in [0.717, 1.165) is 0 Å². The molecular weight excluding hydrogens is 132 g/mol. The monoisotopic (exact) mass is 146 g/mol. The molecule has 0 aliphatic carbocycles. The highest BCUT2D eigenvalue weighted by molar-refractivity contribution is 5.77. The molecule has 0 radical (unpaired) electrons. The maximum atomic E-state index is 10.4. The van der Waals surface area contributed by atoms with Crippen LogP contribution >= 0.6 is 0 Å². The summed E-state index contributed by atoms with van der Waals surface area (Å²) in [4.78, 5) is 10.4. The van der Waals surface area contributed by atoms with Gasteiger partial charge in [0.1, 0.15) is 12.1 Å². The van der Waals surface area contributed by atoms with Gasteiger partial charge in [0.05, 0.1) is 0 Å². The van der Waals surface area contributed by atoms with Crippen LogP contribution in [-0.4, -0.2) is 25.2 Å². The van der Waals surface area contributed by atoms with E-state index in [2.05, 4.69) is 5.73 Å². The molecule has 0 saturated carbocycles. The summed E-state index contributed by atoms with van der Waals surface area (Å²) in [5.41, 5.74) is 9.79. The summed E-state index contributed by atoms with van der Waals surface area (Å²) in [5.74, 6) is -0.266. The molecule has 1 aliphatic heterocycles. The number of carbonyl (C=O) groups is 1. The summed E-state index contributed by atoms with van der Waals surface area (Å²) in [5, 5.41) is 0. The van der Waals surface area contributed by atoms with Crippen LogP contribution in [-0.2, 0) is 9.53 Å². The lowest BCUT2D eigenvalue weighted by Gasteiger charge is -1.95. The van der Waals surface area contributed by atoms with E-state index in [0.29, 0.717) is 6.42 Å². The van der Waals surface area contributed by atoms with Crippen LogP contribution in [0.25, 0.3) is 0 Å². The topological polar surface area (TPSA) is 78.3 Å². The van der Waals surface area contributed by atoms with E-state index in [-0.39, 0.29) is 18.1 Å². The van der Waals surface area contributed by atoms with Gasteiger partial charge >= 0.3 is 5.97 Å². The van der Waals surface area contributed by atoms with Crippen LogP contribution in [0.5, 0.6) is 0 Å². The van der Waals surface area contributed by atoms with Gasteiger partial charge in [0.25, 0.3) is 0 Å². The molecular formula is C6H14N2O2. The molecule has 1 rings (SSSR count). The number of nitrogens with two attached hydrogens (primary N) is 2. The first-order valence-corrected chi connectivity index (χ1v) is 3.24. The summed E-state index contributed by atoms with van der Waals surface area (Å²) in [6.07, 6.45) is 0.691. The van der Waals surface area contributed by atoms with Gasteiger partial charge in [-0.15, -0.1) is 0 Å². The maximum Gasteiger partial charge on any atom is 0.323 e. The summed E-state index contributed by atoms with van der Waals surface area (Å²) in [6, 6.07) is -0.370. The molecule has 1 aliphatic rings. The molecule has 1 fully saturated rings. The normalized spacial score (nSPS) is 30.6. The van der Waals surface area contributed by atoms with E-state index >= 15 is 0 Å². The van der Waals surface area contributed by atoms with Gasteiger partial charge in [-0.1, -0.05) is 0 Å². The second kappa shape index (κ2) is 4.24. The molecule has 1 heterocycles. The molecule has 2 unspecified atom stereocenters. The lowest BCUT2D eigenvalue weighted by atomic mass is 10.2. The Morgan fingerprint density at radius 3 is 2.20 bits per heavy atom. The molecule has 10 heavy (non-hydrogen) atoms. The lowest BCUT2D eigenvalue weighted by Crippen LogP contribution is -2.24. The van der Waals surface area contributed by atoms with Crippen molar-refractivity contribution >= 4 is 5.97 Å². The van der Waals surface area contributed by atoms with Crippen molar-refractivity contribution < 1.29 is 9.53 Å². The van der Waals surface area contributed by atoms with E-state index in [4.69, 9.17) is 10.5 Å². The van der Waals surface area contributed by atoms with E-state index in [9.17, 15) is 4.79 Å². The van der Waals surface area contributed by atoms with E-state index in [1.54, 1.807) is 0 Å². The fourth-order valence-electron chi connectivity index (χ4n) is 0.788. The van der Waals surface area contributed by atoms with Crippen molar-refractivity contribution in [2.24, 2.45) is 11.5 Å². The second-order valence-electron chi connectivity index (χ2n) is 2.09. The van der Waals surface area contributed by atoms with Crippen LogP contribution in [0.15, 0.2) is 0 Å². The molecule has 4 heteroatoms. The third-order valence-corrected chi connectivity index (χ3v) is 1.21. The largest absolute Gasteiger partial charge is 0.461 e. The van der Waals surface area contributed by atoms with Crippen LogP contribution in [0, 0.1) is 0 Å². The minimum absolute atomic E-state index is 0.0255. The Kier molecular flexibility index (Phi) is 3.99. The Morgan fingerprint density at radius 1 is 1.60 bits per heavy atom. The minimum Gasteiger partial charge on any atom is -0.461 e. The number of esters is 1. The zero-order valence-electron chi connectivity index (χ0n) is 6.33. The van der Waals surface area contributed by atoms with Gasteiger partial charge < -0.3 is 16.2 Å². The molecule has 0 bridgehead atoms. The molecule has 0 amide bonds. The van der Waals surface area contributed by atoms with Crippen LogP contribution in [0.4, 0.5) is 0 Å². The van der Waals surface area contributed by atoms with Gasteiger partial charge in [-0.2, -0.15) is 0 Å². The first kappa shape index (κ1) is 9.39. The Morgan fingerprint density at radius 2 is 2.10 bits per heavy atom. The molecule has 4 nitrogen and oxygen atoms in total. The van der Waals surface area contributed by atoms with Crippen molar-refractivity contribution in [2.75, 3.05) is 7.05 Å². The van der Waals surface area contributed by atoms with Gasteiger partial charge in [0, 0.05) is 6.42 Å². The fraction of sp³-hybridized carbons (Fsp3) is 0.833. The quantitative estimate of drug-likeness (QED) is 0.440. The van der Waals surface area contributed by atoms with Crippen LogP contribution < -0.4 is 11.5 Å². The standard InChI is InChI=1S/C5H9NO2.CH5N/c1-3-2-4(6)5(7)8-3;1-2/h3-4H,2,6H2,1H3;2H2,1H3. The molecule has 0 aromatic carbocycles. The third kappa shape index (κ3) is 2.33. The Labute approximate surface area is 60.5 Å². The van der Waals surface area contributed by atoms with Gasteiger partial charge in [-0.3, -0.25) is 4.79 Å². The highest BCUT2D eigenvalue weighted by Crippen LogP contribution is 2.10. The summed E-state index contributed by atoms with van der Waals surface area (Å²) in [6.45, 7) is 1.84. The van der Waals surface area contributed by atoms with Crippen LogP contribution in [0.2, 0.25) is 0 Å². The zero-order chi connectivity index (χ0) is 8.15. The van der Waals surface area contributed by atoms with Crippen LogP contribution in [0.3, 0.4) is 0 Å². The average Bonchev–Trinajstić information content (AvgIpc) is 2.16. The molecule has 2 atom stereocenters.